The Balaban J connectivity index is 2.00. The molecule has 1 fully saturated rings. The van der Waals surface area contributed by atoms with Gasteiger partial charge in [0.15, 0.2) is 0 Å². The number of thiophene rings is 1. The van der Waals surface area contributed by atoms with Crippen molar-refractivity contribution in [3.05, 3.63) is 22.4 Å². The average Bonchev–Trinajstić information content (AvgIpc) is 2.75. The van der Waals surface area contributed by atoms with Gasteiger partial charge in [-0.05, 0) is 36.8 Å². The van der Waals surface area contributed by atoms with E-state index in [1.807, 2.05) is 22.4 Å². The highest BCUT2D eigenvalue weighted by atomic mass is 32.1. The van der Waals surface area contributed by atoms with Crippen molar-refractivity contribution >= 4 is 17.2 Å². The topological polar surface area (TPSA) is 32.3 Å². The van der Waals surface area contributed by atoms with Gasteiger partial charge in [0.2, 0.25) is 0 Å². The highest BCUT2D eigenvalue weighted by Gasteiger charge is 2.23. The van der Waals surface area contributed by atoms with Crippen LogP contribution in [0.2, 0.25) is 0 Å². The summed E-state index contributed by atoms with van der Waals surface area (Å²) in [5.41, 5.74) is 0. The molecular formula is C14H22N2OS. The molecule has 0 bridgehead atoms. The standard InChI is InChI=1S/C14H22N2OS/c1-11(2)9-12-10-16(7-4-6-15-12)14(17)13-5-3-8-18-13/h3,5,8,11-12,15H,4,6-7,9-10H2,1-2H3. The molecule has 2 rings (SSSR count). The SMILES string of the molecule is CC(C)CC1CN(C(=O)c2cccs2)CCCN1. The molecule has 2 heterocycles. The van der Waals surface area contributed by atoms with Gasteiger partial charge < -0.3 is 10.2 Å². The van der Waals surface area contributed by atoms with Gasteiger partial charge in [-0.15, -0.1) is 11.3 Å². The van der Waals surface area contributed by atoms with Gasteiger partial charge in [0.05, 0.1) is 4.88 Å². The van der Waals surface area contributed by atoms with Crippen LogP contribution in [0.4, 0.5) is 0 Å². The monoisotopic (exact) mass is 266 g/mol. The number of nitrogens with zero attached hydrogens (tertiary/aromatic N) is 1. The van der Waals surface area contributed by atoms with Crippen LogP contribution in [0.5, 0.6) is 0 Å². The molecule has 1 aromatic heterocycles. The average molecular weight is 266 g/mol. The predicted octanol–water partition coefficient (Wildman–Crippen LogP) is 2.60. The summed E-state index contributed by atoms with van der Waals surface area (Å²) in [4.78, 5) is 15.2. The number of carbonyl (C=O) groups excluding carboxylic acids is 1. The van der Waals surface area contributed by atoms with Gasteiger partial charge in [-0.1, -0.05) is 19.9 Å². The van der Waals surface area contributed by atoms with E-state index in [2.05, 4.69) is 19.2 Å². The van der Waals surface area contributed by atoms with Crippen molar-refractivity contribution in [3.63, 3.8) is 0 Å². The van der Waals surface area contributed by atoms with E-state index in [1.165, 1.54) is 11.3 Å². The van der Waals surface area contributed by atoms with Crippen molar-refractivity contribution in [3.8, 4) is 0 Å². The van der Waals surface area contributed by atoms with Gasteiger partial charge in [0.25, 0.3) is 5.91 Å². The Kier molecular flexibility index (Phi) is 4.78. The first-order valence-corrected chi connectivity index (χ1v) is 7.61. The molecule has 1 atom stereocenters. The lowest BCUT2D eigenvalue weighted by Gasteiger charge is -2.25. The summed E-state index contributed by atoms with van der Waals surface area (Å²) in [5.74, 6) is 0.863. The maximum Gasteiger partial charge on any atom is 0.263 e. The van der Waals surface area contributed by atoms with Crippen LogP contribution >= 0.6 is 11.3 Å². The van der Waals surface area contributed by atoms with Crippen LogP contribution < -0.4 is 5.32 Å². The summed E-state index contributed by atoms with van der Waals surface area (Å²) >= 11 is 1.53. The normalized spacial score (nSPS) is 21.1. The van der Waals surface area contributed by atoms with Gasteiger partial charge in [-0.2, -0.15) is 0 Å². The third-order valence-electron chi connectivity index (χ3n) is 3.25. The van der Waals surface area contributed by atoms with Crippen LogP contribution in [-0.4, -0.2) is 36.5 Å². The van der Waals surface area contributed by atoms with Crippen molar-refractivity contribution in [2.45, 2.75) is 32.7 Å². The smallest absolute Gasteiger partial charge is 0.263 e. The molecule has 1 saturated heterocycles. The number of hydrogen-bond acceptors (Lipinski definition) is 3. The van der Waals surface area contributed by atoms with Gasteiger partial charge in [-0.3, -0.25) is 4.79 Å². The second-order valence-corrected chi connectivity index (χ2v) is 6.31. The maximum atomic E-state index is 12.4. The highest BCUT2D eigenvalue weighted by Crippen LogP contribution is 2.15. The van der Waals surface area contributed by atoms with E-state index in [4.69, 9.17) is 0 Å². The molecule has 0 spiro atoms. The minimum absolute atomic E-state index is 0.197. The fraction of sp³-hybridized carbons (Fsp3) is 0.643. The minimum Gasteiger partial charge on any atom is -0.336 e. The summed E-state index contributed by atoms with van der Waals surface area (Å²) in [6.45, 7) is 7.20. The molecule has 3 nitrogen and oxygen atoms in total. The largest absolute Gasteiger partial charge is 0.336 e. The number of carbonyl (C=O) groups is 1. The molecule has 1 aliphatic rings. The van der Waals surface area contributed by atoms with E-state index in [0.29, 0.717) is 12.0 Å². The molecule has 0 radical (unpaired) electrons. The van der Waals surface area contributed by atoms with Crippen molar-refractivity contribution in [2.24, 2.45) is 5.92 Å². The van der Waals surface area contributed by atoms with Crippen LogP contribution in [0.3, 0.4) is 0 Å². The zero-order chi connectivity index (χ0) is 13.0. The quantitative estimate of drug-likeness (QED) is 0.912. The van der Waals surface area contributed by atoms with Gasteiger partial charge in [0, 0.05) is 19.1 Å². The summed E-state index contributed by atoms with van der Waals surface area (Å²) in [5, 5.41) is 5.52. The molecule has 1 unspecified atom stereocenters. The lowest BCUT2D eigenvalue weighted by molar-refractivity contribution is 0.0754. The molecule has 0 aliphatic carbocycles. The van der Waals surface area contributed by atoms with Gasteiger partial charge in [0.1, 0.15) is 0 Å². The summed E-state index contributed by atoms with van der Waals surface area (Å²) in [6, 6.07) is 4.30. The van der Waals surface area contributed by atoms with Gasteiger partial charge >= 0.3 is 0 Å². The third-order valence-corrected chi connectivity index (χ3v) is 4.11. The number of rotatable bonds is 3. The zero-order valence-electron chi connectivity index (χ0n) is 11.2. The van der Waals surface area contributed by atoms with E-state index >= 15 is 0 Å². The van der Waals surface area contributed by atoms with E-state index in [1.54, 1.807) is 0 Å². The van der Waals surface area contributed by atoms with E-state index in [0.717, 1.165) is 37.4 Å². The number of nitrogens with one attached hydrogen (secondary N) is 1. The molecule has 1 aliphatic heterocycles. The second kappa shape index (κ2) is 6.34. The molecule has 1 amide bonds. The molecule has 1 N–H and O–H groups in total. The zero-order valence-corrected chi connectivity index (χ0v) is 12.0. The minimum atomic E-state index is 0.197. The Labute approximate surface area is 113 Å². The molecule has 0 aromatic carbocycles. The van der Waals surface area contributed by atoms with E-state index < -0.39 is 0 Å². The molecular weight excluding hydrogens is 244 g/mol. The lowest BCUT2D eigenvalue weighted by atomic mass is 10.0. The Morgan fingerprint density at radius 1 is 1.61 bits per heavy atom. The molecule has 18 heavy (non-hydrogen) atoms. The molecule has 4 heteroatoms. The summed E-state index contributed by atoms with van der Waals surface area (Å²) in [7, 11) is 0. The fourth-order valence-corrected chi connectivity index (χ4v) is 3.16. The van der Waals surface area contributed by atoms with Gasteiger partial charge in [-0.25, -0.2) is 0 Å². The van der Waals surface area contributed by atoms with E-state index in [9.17, 15) is 4.79 Å². The Hall–Kier alpha value is -0.870. The number of hydrogen-bond donors (Lipinski definition) is 1. The van der Waals surface area contributed by atoms with Crippen molar-refractivity contribution < 1.29 is 4.79 Å². The molecule has 1 aromatic rings. The first-order valence-electron chi connectivity index (χ1n) is 6.73. The summed E-state index contributed by atoms with van der Waals surface area (Å²) in [6.07, 6.45) is 2.18. The van der Waals surface area contributed by atoms with Crippen LogP contribution in [0, 0.1) is 5.92 Å². The first-order chi connectivity index (χ1) is 8.66. The predicted molar refractivity (Wildman–Crippen MR) is 76.1 cm³/mol. The Morgan fingerprint density at radius 2 is 2.44 bits per heavy atom. The van der Waals surface area contributed by atoms with Crippen molar-refractivity contribution in [2.75, 3.05) is 19.6 Å². The van der Waals surface area contributed by atoms with Crippen LogP contribution in [0.15, 0.2) is 17.5 Å². The Morgan fingerprint density at radius 3 is 3.11 bits per heavy atom. The fourth-order valence-electron chi connectivity index (χ4n) is 2.47. The Bertz CT molecular complexity index is 375. The second-order valence-electron chi connectivity index (χ2n) is 5.36. The van der Waals surface area contributed by atoms with Crippen LogP contribution in [0.25, 0.3) is 0 Å². The molecule has 0 saturated carbocycles. The lowest BCUT2D eigenvalue weighted by Crippen LogP contribution is -2.41. The van der Waals surface area contributed by atoms with Crippen molar-refractivity contribution in [1.29, 1.82) is 0 Å². The molecule has 100 valence electrons. The summed E-state index contributed by atoms with van der Waals surface area (Å²) < 4.78 is 0. The third kappa shape index (κ3) is 3.56. The number of amides is 1. The van der Waals surface area contributed by atoms with Crippen LogP contribution in [0.1, 0.15) is 36.4 Å². The van der Waals surface area contributed by atoms with E-state index in [-0.39, 0.29) is 5.91 Å². The van der Waals surface area contributed by atoms with Crippen LogP contribution in [-0.2, 0) is 0 Å². The van der Waals surface area contributed by atoms with Crippen molar-refractivity contribution in [1.82, 2.24) is 10.2 Å². The highest BCUT2D eigenvalue weighted by molar-refractivity contribution is 7.12. The maximum absolute atomic E-state index is 12.4. The first kappa shape index (κ1) is 13.6.